The monoisotopic (exact) mass is 207 g/mol. The van der Waals surface area contributed by atoms with Crippen LogP contribution in [-0.2, 0) is 11.3 Å². The van der Waals surface area contributed by atoms with Gasteiger partial charge in [0.2, 0.25) is 0 Å². The minimum absolute atomic E-state index is 0.263. The number of ether oxygens (including phenoxy) is 1. The van der Waals surface area contributed by atoms with E-state index in [2.05, 4.69) is 4.98 Å². The molecule has 1 aromatic rings. The van der Waals surface area contributed by atoms with Crippen molar-refractivity contribution in [2.24, 2.45) is 5.73 Å². The zero-order valence-corrected chi connectivity index (χ0v) is 9.18. The van der Waals surface area contributed by atoms with Crippen LogP contribution in [0.3, 0.4) is 0 Å². The van der Waals surface area contributed by atoms with Crippen LogP contribution in [-0.4, -0.2) is 17.6 Å². The molecule has 0 amide bonds. The molecule has 4 nitrogen and oxygen atoms in total. The highest BCUT2D eigenvalue weighted by Gasteiger charge is 1.99. The first-order valence-corrected chi connectivity index (χ1v) is 4.95. The molecule has 1 unspecified atom stereocenters. The van der Waals surface area contributed by atoms with E-state index in [0.717, 1.165) is 5.56 Å². The van der Waals surface area contributed by atoms with Gasteiger partial charge in [-0.25, -0.2) is 0 Å². The van der Waals surface area contributed by atoms with E-state index in [9.17, 15) is 0 Å². The fourth-order valence-corrected chi connectivity index (χ4v) is 0.820. The van der Waals surface area contributed by atoms with Crippen LogP contribution in [0.5, 0.6) is 0 Å². The number of nitrogens with two attached hydrogens (primary N) is 1. The molecule has 1 atom stereocenters. The smallest absolute Gasteiger partial charge is 0.116 e. The van der Waals surface area contributed by atoms with E-state index in [1.807, 2.05) is 32.0 Å². The van der Waals surface area contributed by atoms with Gasteiger partial charge in [0.05, 0.1) is 19.3 Å². The van der Waals surface area contributed by atoms with Gasteiger partial charge in [-0.15, -0.1) is 0 Å². The van der Waals surface area contributed by atoms with Crippen LogP contribution in [0.25, 0.3) is 0 Å². The average Bonchev–Trinajstić information content (AvgIpc) is 2.33. The van der Waals surface area contributed by atoms with Crippen LogP contribution < -0.4 is 5.73 Å². The summed E-state index contributed by atoms with van der Waals surface area (Å²) in [6.07, 6.45) is 3.39. The maximum Gasteiger partial charge on any atom is 0.116 e. The van der Waals surface area contributed by atoms with Crippen molar-refractivity contribution in [3.63, 3.8) is 0 Å². The van der Waals surface area contributed by atoms with E-state index >= 15 is 0 Å². The van der Waals surface area contributed by atoms with E-state index in [0.29, 0.717) is 6.61 Å². The topological polar surface area (TPSA) is 71.9 Å². The number of aromatic nitrogens is 1. The zero-order valence-electron chi connectivity index (χ0n) is 9.18. The maximum absolute atomic E-state index is 8.37. The predicted molar refractivity (Wildman–Crippen MR) is 58.8 cm³/mol. The number of pyridine rings is 1. The summed E-state index contributed by atoms with van der Waals surface area (Å²) >= 11 is 0. The highest BCUT2D eigenvalue weighted by Crippen LogP contribution is 1.98. The molecule has 1 rings (SSSR count). The van der Waals surface area contributed by atoms with Crippen molar-refractivity contribution in [2.45, 2.75) is 26.5 Å². The van der Waals surface area contributed by atoms with Crippen molar-refractivity contribution in [3.05, 3.63) is 30.1 Å². The molecule has 0 spiro atoms. The highest BCUT2D eigenvalue weighted by atomic mass is 16.5. The Bertz CT molecular complexity index is 282. The van der Waals surface area contributed by atoms with Crippen molar-refractivity contribution in [1.82, 2.24) is 4.98 Å². The standard InChI is InChI=1S/C9H11N3O.C2H6/c10-5-9(11)7-13-6-8-1-3-12-4-2-8;1-2/h1-4,9H,6-7,11H2;1-2H3. The molecular weight excluding hydrogens is 190 g/mol. The van der Waals surface area contributed by atoms with Crippen LogP contribution in [0.4, 0.5) is 0 Å². The zero-order chi connectivity index (χ0) is 11.5. The lowest BCUT2D eigenvalue weighted by molar-refractivity contribution is 0.117. The van der Waals surface area contributed by atoms with E-state index in [1.165, 1.54) is 0 Å². The summed E-state index contributed by atoms with van der Waals surface area (Å²) < 4.78 is 5.20. The Labute approximate surface area is 90.7 Å². The van der Waals surface area contributed by atoms with Gasteiger partial charge in [0, 0.05) is 12.4 Å². The molecule has 0 fully saturated rings. The average molecular weight is 207 g/mol. The van der Waals surface area contributed by atoms with Crippen molar-refractivity contribution in [3.8, 4) is 6.07 Å². The van der Waals surface area contributed by atoms with Gasteiger partial charge in [-0.05, 0) is 17.7 Å². The van der Waals surface area contributed by atoms with Crippen molar-refractivity contribution >= 4 is 0 Å². The largest absolute Gasteiger partial charge is 0.374 e. The third kappa shape index (κ3) is 6.61. The predicted octanol–water partition coefficient (Wildman–Crippen LogP) is 1.48. The molecule has 1 heterocycles. The lowest BCUT2D eigenvalue weighted by Gasteiger charge is -2.04. The molecular formula is C11H17N3O. The third-order valence-corrected chi connectivity index (χ3v) is 1.48. The Morgan fingerprint density at radius 1 is 1.47 bits per heavy atom. The van der Waals surface area contributed by atoms with Crippen LogP contribution in [0, 0.1) is 11.3 Å². The van der Waals surface area contributed by atoms with Gasteiger partial charge >= 0.3 is 0 Å². The number of hydrogen-bond acceptors (Lipinski definition) is 4. The molecule has 0 aliphatic rings. The number of nitriles is 1. The van der Waals surface area contributed by atoms with Gasteiger partial charge in [-0.3, -0.25) is 4.98 Å². The lowest BCUT2D eigenvalue weighted by Crippen LogP contribution is -2.23. The normalized spacial score (nSPS) is 10.8. The second kappa shape index (κ2) is 9.13. The lowest BCUT2D eigenvalue weighted by atomic mass is 10.3. The van der Waals surface area contributed by atoms with Gasteiger partial charge in [0.25, 0.3) is 0 Å². The quantitative estimate of drug-likeness (QED) is 0.811. The van der Waals surface area contributed by atoms with E-state index in [4.69, 9.17) is 15.7 Å². The molecule has 4 heteroatoms. The van der Waals surface area contributed by atoms with Gasteiger partial charge in [-0.1, -0.05) is 13.8 Å². The molecule has 0 saturated carbocycles. The molecule has 0 aliphatic carbocycles. The van der Waals surface area contributed by atoms with Gasteiger partial charge in [0.1, 0.15) is 6.04 Å². The molecule has 0 aromatic carbocycles. The Balaban J connectivity index is 0.000000921. The minimum atomic E-state index is -0.540. The summed E-state index contributed by atoms with van der Waals surface area (Å²) in [5, 5.41) is 8.37. The van der Waals surface area contributed by atoms with E-state index in [1.54, 1.807) is 12.4 Å². The second-order valence-electron chi connectivity index (χ2n) is 2.61. The molecule has 0 radical (unpaired) electrons. The molecule has 82 valence electrons. The minimum Gasteiger partial charge on any atom is -0.374 e. The van der Waals surface area contributed by atoms with Crippen molar-refractivity contribution in [2.75, 3.05) is 6.61 Å². The molecule has 0 aliphatic heterocycles. The number of hydrogen-bond donors (Lipinski definition) is 1. The fourth-order valence-electron chi connectivity index (χ4n) is 0.820. The summed E-state index contributed by atoms with van der Waals surface area (Å²) in [4.78, 5) is 3.87. The van der Waals surface area contributed by atoms with Gasteiger partial charge < -0.3 is 10.5 Å². The Morgan fingerprint density at radius 2 is 2.07 bits per heavy atom. The van der Waals surface area contributed by atoms with Crippen molar-refractivity contribution < 1.29 is 4.74 Å². The number of nitrogens with zero attached hydrogens (tertiary/aromatic N) is 2. The maximum atomic E-state index is 8.37. The summed E-state index contributed by atoms with van der Waals surface area (Å²) in [6.45, 7) is 4.73. The second-order valence-corrected chi connectivity index (χ2v) is 2.61. The Morgan fingerprint density at radius 3 is 2.60 bits per heavy atom. The third-order valence-electron chi connectivity index (χ3n) is 1.48. The van der Waals surface area contributed by atoms with Gasteiger partial charge in [-0.2, -0.15) is 5.26 Å². The van der Waals surface area contributed by atoms with E-state index < -0.39 is 6.04 Å². The van der Waals surface area contributed by atoms with Crippen LogP contribution in [0.2, 0.25) is 0 Å². The SMILES string of the molecule is CC.N#CC(N)COCc1ccncc1. The van der Waals surface area contributed by atoms with Crippen LogP contribution >= 0.6 is 0 Å². The van der Waals surface area contributed by atoms with Gasteiger partial charge in [0.15, 0.2) is 0 Å². The first-order chi connectivity index (χ1) is 7.33. The summed E-state index contributed by atoms with van der Waals surface area (Å²) in [7, 11) is 0. The van der Waals surface area contributed by atoms with Crippen molar-refractivity contribution in [1.29, 1.82) is 5.26 Å². The van der Waals surface area contributed by atoms with Crippen LogP contribution in [0.1, 0.15) is 19.4 Å². The first kappa shape index (κ1) is 13.6. The van der Waals surface area contributed by atoms with E-state index in [-0.39, 0.29) is 6.61 Å². The summed E-state index contributed by atoms with van der Waals surface area (Å²) in [6, 6.07) is 5.07. The molecule has 15 heavy (non-hydrogen) atoms. The highest BCUT2D eigenvalue weighted by molar-refractivity contribution is 5.07. The molecule has 1 aromatic heterocycles. The summed E-state index contributed by atoms with van der Waals surface area (Å²) in [5.74, 6) is 0. The number of rotatable bonds is 4. The Kier molecular flexibility index (Phi) is 8.25. The first-order valence-electron chi connectivity index (χ1n) is 4.95. The summed E-state index contributed by atoms with van der Waals surface area (Å²) in [5.41, 5.74) is 6.37. The fraction of sp³-hybridized carbons (Fsp3) is 0.455. The molecule has 0 bridgehead atoms. The molecule has 0 saturated heterocycles. The Hall–Kier alpha value is -1.44. The molecule has 2 N–H and O–H groups in total. The van der Waals surface area contributed by atoms with Crippen LogP contribution in [0.15, 0.2) is 24.5 Å².